The molecule has 1 N–H and O–H groups in total. The predicted octanol–water partition coefficient (Wildman–Crippen LogP) is 1.55. The number of nitrogens with zero attached hydrogens (tertiary/aromatic N) is 1. The van der Waals surface area contributed by atoms with Gasteiger partial charge in [0.25, 0.3) is 0 Å². The minimum absolute atomic E-state index is 0.0413. The topological polar surface area (TPSA) is 41.6 Å². The van der Waals surface area contributed by atoms with Crippen molar-refractivity contribution in [3.05, 3.63) is 35.4 Å². The van der Waals surface area contributed by atoms with Gasteiger partial charge < -0.3 is 10.1 Å². The van der Waals surface area contributed by atoms with Gasteiger partial charge in [-0.25, -0.2) is 0 Å². The van der Waals surface area contributed by atoms with Crippen LogP contribution in [0, 0.1) is 0 Å². The number of nitrogens with one attached hydrogen (secondary N) is 1. The van der Waals surface area contributed by atoms with Crippen LogP contribution >= 0.6 is 0 Å². The van der Waals surface area contributed by atoms with Crippen LogP contribution in [0.25, 0.3) is 0 Å². The van der Waals surface area contributed by atoms with E-state index in [-0.39, 0.29) is 11.8 Å². The lowest BCUT2D eigenvalue weighted by Gasteiger charge is -2.28. The molecule has 1 fully saturated rings. The quantitative estimate of drug-likeness (QED) is 0.914. The van der Waals surface area contributed by atoms with Crippen LogP contribution in [0.3, 0.4) is 0 Å². The van der Waals surface area contributed by atoms with Crippen molar-refractivity contribution in [3.8, 4) is 0 Å². The second kappa shape index (κ2) is 7.05. The maximum absolute atomic E-state index is 12.4. The second-order valence-electron chi connectivity index (χ2n) is 5.89. The Morgan fingerprint density at radius 1 is 1.29 bits per heavy atom. The molecule has 114 valence electrons. The van der Waals surface area contributed by atoms with Gasteiger partial charge in [0.05, 0.1) is 19.1 Å². The van der Waals surface area contributed by atoms with E-state index >= 15 is 0 Å². The third-order valence-corrected chi connectivity index (χ3v) is 4.52. The summed E-state index contributed by atoms with van der Waals surface area (Å²) in [6.07, 6.45) is 3.19. The van der Waals surface area contributed by atoms with Gasteiger partial charge in [-0.1, -0.05) is 24.3 Å². The van der Waals surface area contributed by atoms with E-state index in [2.05, 4.69) is 28.4 Å². The number of hydrogen-bond acceptors (Lipinski definition) is 3. The summed E-state index contributed by atoms with van der Waals surface area (Å²) >= 11 is 0. The molecule has 1 aliphatic heterocycles. The molecular formula is C17H24N2O2. The average Bonchev–Trinajstić information content (AvgIpc) is 2.55. The van der Waals surface area contributed by atoms with Gasteiger partial charge >= 0.3 is 0 Å². The van der Waals surface area contributed by atoms with E-state index in [1.165, 1.54) is 11.1 Å². The number of carbonyl (C=O) groups excluding carboxylic acids is 1. The van der Waals surface area contributed by atoms with Crippen LogP contribution in [0.2, 0.25) is 0 Å². The van der Waals surface area contributed by atoms with Gasteiger partial charge in [0.1, 0.15) is 0 Å². The van der Waals surface area contributed by atoms with Crippen molar-refractivity contribution >= 4 is 5.91 Å². The number of ether oxygens (including phenoxy) is 1. The van der Waals surface area contributed by atoms with E-state index in [4.69, 9.17) is 4.74 Å². The van der Waals surface area contributed by atoms with Crippen LogP contribution in [0.5, 0.6) is 0 Å². The Labute approximate surface area is 126 Å². The predicted molar refractivity (Wildman–Crippen MR) is 82.4 cm³/mol. The molecule has 1 saturated heterocycles. The first kappa shape index (κ1) is 14.5. The highest BCUT2D eigenvalue weighted by Gasteiger charge is 2.25. The van der Waals surface area contributed by atoms with Crippen molar-refractivity contribution in [2.24, 2.45) is 0 Å². The lowest BCUT2D eigenvalue weighted by atomic mass is 9.82. The molecule has 3 rings (SSSR count). The van der Waals surface area contributed by atoms with Gasteiger partial charge in [-0.15, -0.1) is 0 Å². The van der Waals surface area contributed by atoms with E-state index in [1.807, 2.05) is 6.07 Å². The number of hydrogen-bond donors (Lipinski definition) is 1. The fourth-order valence-corrected chi connectivity index (χ4v) is 3.31. The molecule has 1 atom stereocenters. The summed E-state index contributed by atoms with van der Waals surface area (Å²) in [6, 6.07) is 8.37. The molecule has 1 aromatic carbocycles. The fourth-order valence-electron chi connectivity index (χ4n) is 3.31. The zero-order valence-corrected chi connectivity index (χ0v) is 12.5. The Morgan fingerprint density at radius 2 is 2.10 bits per heavy atom. The van der Waals surface area contributed by atoms with E-state index in [1.54, 1.807) is 0 Å². The molecule has 4 heteroatoms. The SMILES string of the molecule is O=C(NCCN1CCOCC1)C1CCCc2ccccc21. The molecule has 0 bridgehead atoms. The lowest BCUT2D eigenvalue weighted by Crippen LogP contribution is -2.42. The summed E-state index contributed by atoms with van der Waals surface area (Å²) in [5.41, 5.74) is 2.57. The molecule has 1 heterocycles. The minimum Gasteiger partial charge on any atom is -0.379 e. The highest BCUT2D eigenvalue weighted by Crippen LogP contribution is 2.31. The van der Waals surface area contributed by atoms with Gasteiger partial charge in [-0.3, -0.25) is 9.69 Å². The van der Waals surface area contributed by atoms with E-state index in [9.17, 15) is 4.79 Å². The molecule has 21 heavy (non-hydrogen) atoms. The Bertz CT molecular complexity index is 483. The summed E-state index contributed by atoms with van der Waals surface area (Å²) in [6.45, 7) is 5.22. The largest absolute Gasteiger partial charge is 0.379 e. The van der Waals surface area contributed by atoms with Gasteiger partial charge in [0.15, 0.2) is 0 Å². The molecule has 1 unspecified atom stereocenters. The van der Waals surface area contributed by atoms with Crippen molar-refractivity contribution in [3.63, 3.8) is 0 Å². The fraction of sp³-hybridized carbons (Fsp3) is 0.588. The number of aryl methyl sites for hydroxylation is 1. The molecule has 1 aliphatic carbocycles. The molecule has 4 nitrogen and oxygen atoms in total. The van der Waals surface area contributed by atoms with E-state index in [0.29, 0.717) is 0 Å². The molecular weight excluding hydrogens is 264 g/mol. The standard InChI is InChI=1S/C17H24N2O2/c20-17(18-8-9-19-10-12-21-13-11-19)16-7-3-5-14-4-1-2-6-15(14)16/h1-2,4,6,16H,3,5,7-13H2,(H,18,20). The lowest BCUT2D eigenvalue weighted by molar-refractivity contribution is -0.123. The van der Waals surface area contributed by atoms with Crippen molar-refractivity contribution in [1.82, 2.24) is 10.2 Å². The van der Waals surface area contributed by atoms with Crippen LogP contribution < -0.4 is 5.32 Å². The average molecular weight is 288 g/mol. The van der Waals surface area contributed by atoms with E-state index < -0.39 is 0 Å². The molecule has 1 aromatic rings. The Kier molecular flexibility index (Phi) is 4.88. The first-order valence-corrected chi connectivity index (χ1v) is 8.00. The number of carbonyl (C=O) groups is 1. The smallest absolute Gasteiger partial charge is 0.227 e. The first-order chi connectivity index (χ1) is 10.3. The van der Waals surface area contributed by atoms with Crippen LogP contribution in [0.1, 0.15) is 29.9 Å². The van der Waals surface area contributed by atoms with Crippen LogP contribution in [0.15, 0.2) is 24.3 Å². The van der Waals surface area contributed by atoms with Crippen molar-refractivity contribution in [2.45, 2.75) is 25.2 Å². The Morgan fingerprint density at radius 3 is 2.95 bits per heavy atom. The molecule has 2 aliphatic rings. The second-order valence-corrected chi connectivity index (χ2v) is 5.89. The highest BCUT2D eigenvalue weighted by atomic mass is 16.5. The Balaban J connectivity index is 1.51. The summed E-state index contributed by atoms with van der Waals surface area (Å²) in [4.78, 5) is 14.8. The monoisotopic (exact) mass is 288 g/mol. The third-order valence-electron chi connectivity index (χ3n) is 4.52. The summed E-state index contributed by atoms with van der Waals surface area (Å²) < 4.78 is 5.33. The molecule has 0 spiro atoms. The van der Waals surface area contributed by atoms with Crippen LogP contribution in [-0.4, -0.2) is 50.2 Å². The highest BCUT2D eigenvalue weighted by molar-refractivity contribution is 5.84. The van der Waals surface area contributed by atoms with E-state index in [0.717, 1.165) is 58.7 Å². The normalized spacial score (nSPS) is 22.6. The number of amides is 1. The molecule has 0 saturated carbocycles. The Hall–Kier alpha value is -1.39. The number of rotatable bonds is 4. The zero-order chi connectivity index (χ0) is 14.5. The van der Waals surface area contributed by atoms with Gasteiger partial charge in [-0.2, -0.15) is 0 Å². The van der Waals surface area contributed by atoms with Crippen molar-refractivity contribution < 1.29 is 9.53 Å². The van der Waals surface area contributed by atoms with Crippen molar-refractivity contribution in [2.75, 3.05) is 39.4 Å². The van der Waals surface area contributed by atoms with Crippen LogP contribution in [-0.2, 0) is 16.0 Å². The number of benzene rings is 1. The molecule has 0 radical (unpaired) electrons. The molecule has 1 amide bonds. The first-order valence-electron chi connectivity index (χ1n) is 8.00. The summed E-state index contributed by atoms with van der Waals surface area (Å²) in [7, 11) is 0. The van der Waals surface area contributed by atoms with Crippen LogP contribution in [0.4, 0.5) is 0 Å². The summed E-state index contributed by atoms with van der Waals surface area (Å²) in [5.74, 6) is 0.232. The van der Waals surface area contributed by atoms with Gasteiger partial charge in [-0.05, 0) is 30.4 Å². The number of morpholine rings is 1. The molecule has 0 aromatic heterocycles. The van der Waals surface area contributed by atoms with Gasteiger partial charge in [0.2, 0.25) is 5.91 Å². The summed E-state index contributed by atoms with van der Waals surface area (Å²) in [5, 5.41) is 3.12. The van der Waals surface area contributed by atoms with Crippen molar-refractivity contribution in [1.29, 1.82) is 0 Å². The maximum Gasteiger partial charge on any atom is 0.227 e. The maximum atomic E-state index is 12.4. The third kappa shape index (κ3) is 3.63. The zero-order valence-electron chi connectivity index (χ0n) is 12.5. The number of fused-ring (bicyclic) bond motifs is 1. The van der Waals surface area contributed by atoms with Gasteiger partial charge in [0, 0.05) is 26.2 Å². The minimum atomic E-state index is 0.0413.